The second-order valence-corrected chi connectivity index (χ2v) is 4.78. The maximum atomic E-state index is 8.12. The molecular formula is C15H12Cl2O3. The molecule has 0 unspecified atom stereocenters. The van der Waals surface area contributed by atoms with E-state index in [-0.39, 0.29) is 6.15 Å². The van der Waals surface area contributed by atoms with Crippen LogP contribution in [0.4, 0.5) is 0 Å². The lowest BCUT2D eigenvalue weighted by Gasteiger charge is -2.08. The molecule has 0 heterocycles. The van der Waals surface area contributed by atoms with Crippen molar-refractivity contribution in [3.05, 3.63) is 63.6 Å². The summed E-state index contributed by atoms with van der Waals surface area (Å²) in [5.41, 5.74) is 2.34. The van der Waals surface area contributed by atoms with E-state index in [0.29, 0.717) is 22.4 Å². The zero-order valence-electron chi connectivity index (χ0n) is 10.7. The summed E-state index contributed by atoms with van der Waals surface area (Å²) in [5, 5.41) is 1.14. The molecule has 0 aliphatic heterocycles. The topological polar surface area (TPSA) is 43.4 Å². The van der Waals surface area contributed by atoms with Crippen LogP contribution in [0.15, 0.2) is 42.5 Å². The number of aryl methyl sites for hydroxylation is 1. The quantitative estimate of drug-likeness (QED) is 0.849. The monoisotopic (exact) mass is 310 g/mol. The van der Waals surface area contributed by atoms with Gasteiger partial charge in [-0.25, -0.2) is 0 Å². The molecule has 0 aliphatic rings. The van der Waals surface area contributed by atoms with Crippen LogP contribution in [0.5, 0.6) is 5.75 Å². The van der Waals surface area contributed by atoms with Gasteiger partial charge in [-0.15, -0.1) is 0 Å². The van der Waals surface area contributed by atoms with Crippen LogP contribution in [0.1, 0.15) is 11.1 Å². The minimum Gasteiger partial charge on any atom is -0.487 e. The van der Waals surface area contributed by atoms with Gasteiger partial charge in [0.15, 0.2) is 0 Å². The van der Waals surface area contributed by atoms with Gasteiger partial charge >= 0.3 is 6.15 Å². The number of hydrogen-bond acceptors (Lipinski definition) is 3. The summed E-state index contributed by atoms with van der Waals surface area (Å²) in [6, 6.07) is 13.4. The Balaban J connectivity index is 0.000000612. The van der Waals surface area contributed by atoms with Crippen LogP contribution in [0, 0.1) is 6.92 Å². The number of carbonyl (C=O) groups excluding carboxylic acids is 2. The largest absolute Gasteiger partial charge is 0.487 e. The van der Waals surface area contributed by atoms with E-state index in [0.717, 1.165) is 5.56 Å². The minimum atomic E-state index is 0.250. The Kier molecular flexibility index (Phi) is 6.82. The highest BCUT2D eigenvalue weighted by Crippen LogP contribution is 2.28. The molecule has 20 heavy (non-hydrogen) atoms. The molecule has 0 fully saturated rings. The van der Waals surface area contributed by atoms with Crippen LogP contribution >= 0.6 is 23.2 Å². The lowest BCUT2D eigenvalue weighted by atomic mass is 10.1. The lowest BCUT2D eigenvalue weighted by molar-refractivity contribution is -0.191. The van der Waals surface area contributed by atoms with Crippen molar-refractivity contribution in [2.45, 2.75) is 13.5 Å². The predicted octanol–water partition coefficient (Wildman–Crippen LogP) is 4.30. The van der Waals surface area contributed by atoms with Crippen molar-refractivity contribution in [1.82, 2.24) is 0 Å². The first-order valence-electron chi connectivity index (χ1n) is 5.69. The summed E-state index contributed by atoms with van der Waals surface area (Å²) in [5.74, 6) is 0.651. The van der Waals surface area contributed by atoms with Crippen molar-refractivity contribution in [2.75, 3.05) is 0 Å². The molecule has 0 aromatic heterocycles. The summed E-state index contributed by atoms with van der Waals surface area (Å²) in [4.78, 5) is 16.2. The molecule has 3 nitrogen and oxygen atoms in total. The van der Waals surface area contributed by atoms with Crippen LogP contribution in [0.25, 0.3) is 0 Å². The number of ether oxygens (including phenoxy) is 1. The van der Waals surface area contributed by atoms with Crippen LogP contribution in [0.2, 0.25) is 10.0 Å². The van der Waals surface area contributed by atoms with Crippen molar-refractivity contribution in [2.24, 2.45) is 0 Å². The first kappa shape index (κ1) is 16.3. The molecule has 2 aromatic rings. The highest BCUT2D eigenvalue weighted by molar-refractivity contribution is 6.35. The summed E-state index contributed by atoms with van der Waals surface area (Å²) in [6.07, 6.45) is 0.250. The van der Waals surface area contributed by atoms with Crippen molar-refractivity contribution in [1.29, 1.82) is 0 Å². The smallest absolute Gasteiger partial charge is 0.373 e. The molecular weight excluding hydrogens is 299 g/mol. The molecule has 0 saturated heterocycles. The van der Waals surface area contributed by atoms with E-state index < -0.39 is 0 Å². The molecule has 0 spiro atoms. The number of hydrogen-bond donors (Lipinski definition) is 0. The van der Waals surface area contributed by atoms with E-state index in [9.17, 15) is 0 Å². The van der Waals surface area contributed by atoms with Gasteiger partial charge in [0.05, 0.1) is 5.02 Å². The third-order valence-corrected chi connectivity index (χ3v) is 2.90. The van der Waals surface area contributed by atoms with Crippen LogP contribution < -0.4 is 4.74 Å². The van der Waals surface area contributed by atoms with Gasteiger partial charge in [0, 0.05) is 5.02 Å². The second kappa shape index (κ2) is 8.39. The summed E-state index contributed by atoms with van der Waals surface area (Å²) in [7, 11) is 0. The molecule has 0 bridgehead atoms. The molecule has 0 aliphatic carbocycles. The SMILES string of the molecule is Cc1cccc(COc2ccc(Cl)cc2Cl)c1.O=C=O. The van der Waals surface area contributed by atoms with E-state index in [4.69, 9.17) is 37.5 Å². The van der Waals surface area contributed by atoms with Crippen LogP contribution in [0.3, 0.4) is 0 Å². The van der Waals surface area contributed by atoms with Gasteiger partial charge in [-0.1, -0.05) is 53.0 Å². The Morgan fingerprint density at radius 2 is 1.80 bits per heavy atom. The Hall–Kier alpha value is -1.80. The molecule has 0 N–H and O–H groups in total. The van der Waals surface area contributed by atoms with Crippen molar-refractivity contribution >= 4 is 29.4 Å². The third-order valence-electron chi connectivity index (χ3n) is 2.37. The lowest BCUT2D eigenvalue weighted by Crippen LogP contribution is -1.96. The van der Waals surface area contributed by atoms with Crippen LogP contribution in [-0.2, 0) is 16.2 Å². The zero-order chi connectivity index (χ0) is 15.0. The van der Waals surface area contributed by atoms with Gasteiger partial charge in [-0.2, -0.15) is 9.59 Å². The Morgan fingerprint density at radius 3 is 2.40 bits per heavy atom. The van der Waals surface area contributed by atoms with Crippen LogP contribution in [-0.4, -0.2) is 6.15 Å². The molecule has 104 valence electrons. The second-order valence-electron chi connectivity index (χ2n) is 3.94. The zero-order valence-corrected chi connectivity index (χ0v) is 12.2. The molecule has 0 amide bonds. The van der Waals surface area contributed by atoms with Gasteiger partial charge in [-0.05, 0) is 30.7 Å². The first-order valence-corrected chi connectivity index (χ1v) is 6.45. The van der Waals surface area contributed by atoms with Crippen molar-refractivity contribution < 1.29 is 14.3 Å². The average molecular weight is 311 g/mol. The van der Waals surface area contributed by atoms with Gasteiger partial charge in [0.1, 0.15) is 12.4 Å². The summed E-state index contributed by atoms with van der Waals surface area (Å²) in [6.45, 7) is 2.56. The van der Waals surface area contributed by atoms with E-state index in [1.54, 1.807) is 18.2 Å². The third kappa shape index (κ3) is 5.45. The molecule has 5 heteroatoms. The fourth-order valence-electron chi connectivity index (χ4n) is 1.56. The maximum Gasteiger partial charge on any atom is 0.373 e. The number of halogens is 2. The highest BCUT2D eigenvalue weighted by atomic mass is 35.5. The van der Waals surface area contributed by atoms with Crippen molar-refractivity contribution in [3.63, 3.8) is 0 Å². The Morgan fingerprint density at radius 1 is 1.10 bits per heavy atom. The van der Waals surface area contributed by atoms with Gasteiger partial charge < -0.3 is 4.74 Å². The number of rotatable bonds is 3. The normalized spacial score (nSPS) is 9.15. The predicted molar refractivity (Wildman–Crippen MR) is 77.0 cm³/mol. The molecule has 2 aromatic carbocycles. The average Bonchev–Trinajstić information content (AvgIpc) is 2.39. The van der Waals surface area contributed by atoms with Gasteiger partial charge in [0.25, 0.3) is 0 Å². The molecule has 0 radical (unpaired) electrons. The fraction of sp³-hybridized carbons (Fsp3) is 0.133. The Bertz CT molecular complexity index is 606. The van der Waals surface area contributed by atoms with E-state index in [1.165, 1.54) is 5.56 Å². The van der Waals surface area contributed by atoms with E-state index >= 15 is 0 Å². The first-order chi connectivity index (χ1) is 9.56. The van der Waals surface area contributed by atoms with Gasteiger partial charge in [-0.3, -0.25) is 0 Å². The Labute approximate surface area is 127 Å². The fourth-order valence-corrected chi connectivity index (χ4v) is 2.02. The highest BCUT2D eigenvalue weighted by Gasteiger charge is 2.02. The van der Waals surface area contributed by atoms with Gasteiger partial charge in [0.2, 0.25) is 0 Å². The summed E-state index contributed by atoms with van der Waals surface area (Å²) >= 11 is 11.8. The number of benzene rings is 2. The van der Waals surface area contributed by atoms with E-state index in [2.05, 4.69) is 19.1 Å². The minimum absolute atomic E-state index is 0.250. The molecule has 2 rings (SSSR count). The standard InChI is InChI=1S/C14H12Cl2O.CO2/c1-10-3-2-4-11(7-10)9-17-14-6-5-12(15)8-13(14)16;2-1-3/h2-8H,9H2,1H3;. The maximum absolute atomic E-state index is 8.12. The molecule has 0 atom stereocenters. The van der Waals surface area contributed by atoms with E-state index in [1.807, 2.05) is 12.1 Å². The van der Waals surface area contributed by atoms with Crippen molar-refractivity contribution in [3.8, 4) is 5.75 Å². The summed E-state index contributed by atoms with van der Waals surface area (Å²) < 4.78 is 5.64. The molecule has 0 saturated carbocycles.